The average molecular weight is 281 g/mol. The lowest BCUT2D eigenvalue weighted by Crippen LogP contribution is -2.33. The number of hydrogen-bond donors (Lipinski definition) is 1. The van der Waals surface area contributed by atoms with Crippen LogP contribution in [0.5, 0.6) is 0 Å². The van der Waals surface area contributed by atoms with Gasteiger partial charge < -0.3 is 10.2 Å². The molecule has 2 rings (SSSR count). The highest BCUT2D eigenvalue weighted by atomic mass is 35.5. The predicted octanol–water partition coefficient (Wildman–Crippen LogP) is 4.39. The standard InChI is InChI=1S/C16H25ClN2/c1-12(18-2)15-10-9-14(11-16(15)17)19(3)13-7-5-4-6-8-13/h9-13,18H,4-8H2,1-3H3. The molecule has 106 valence electrons. The van der Waals surface area contributed by atoms with Crippen LogP contribution >= 0.6 is 11.6 Å². The normalized spacial score (nSPS) is 18.3. The van der Waals surface area contributed by atoms with E-state index in [-0.39, 0.29) is 0 Å². The van der Waals surface area contributed by atoms with Crippen LogP contribution in [0.1, 0.15) is 50.6 Å². The van der Waals surface area contributed by atoms with Gasteiger partial charge in [-0.2, -0.15) is 0 Å². The van der Waals surface area contributed by atoms with Crippen LogP contribution in [-0.4, -0.2) is 20.1 Å². The minimum Gasteiger partial charge on any atom is -0.372 e. The van der Waals surface area contributed by atoms with Crippen LogP contribution in [0.4, 0.5) is 5.69 Å². The zero-order valence-corrected chi connectivity index (χ0v) is 13.0. The van der Waals surface area contributed by atoms with E-state index in [4.69, 9.17) is 11.6 Å². The maximum absolute atomic E-state index is 6.42. The number of halogens is 1. The van der Waals surface area contributed by atoms with Gasteiger partial charge in [0.05, 0.1) is 0 Å². The van der Waals surface area contributed by atoms with Gasteiger partial charge in [0.25, 0.3) is 0 Å². The SMILES string of the molecule is CNC(C)c1ccc(N(C)C2CCCCC2)cc1Cl. The van der Waals surface area contributed by atoms with E-state index in [1.165, 1.54) is 43.4 Å². The Bertz CT molecular complexity index is 413. The van der Waals surface area contributed by atoms with Gasteiger partial charge in [0.1, 0.15) is 0 Å². The van der Waals surface area contributed by atoms with E-state index in [0.717, 1.165) is 5.02 Å². The molecule has 1 unspecified atom stereocenters. The topological polar surface area (TPSA) is 15.3 Å². The maximum atomic E-state index is 6.42. The third-order valence-electron chi connectivity index (χ3n) is 4.41. The summed E-state index contributed by atoms with van der Waals surface area (Å²) in [5.74, 6) is 0. The fourth-order valence-electron chi connectivity index (χ4n) is 2.92. The van der Waals surface area contributed by atoms with Crippen LogP contribution < -0.4 is 10.2 Å². The summed E-state index contributed by atoms with van der Waals surface area (Å²) in [6.07, 6.45) is 6.73. The van der Waals surface area contributed by atoms with Crippen LogP contribution in [0, 0.1) is 0 Å². The second kappa shape index (κ2) is 6.62. The fourth-order valence-corrected chi connectivity index (χ4v) is 3.26. The first-order valence-corrected chi connectivity index (χ1v) is 7.71. The van der Waals surface area contributed by atoms with E-state index in [2.05, 4.69) is 42.4 Å². The summed E-state index contributed by atoms with van der Waals surface area (Å²) in [5, 5.41) is 4.10. The minimum absolute atomic E-state index is 0.293. The number of nitrogens with one attached hydrogen (secondary N) is 1. The highest BCUT2D eigenvalue weighted by Gasteiger charge is 2.19. The molecule has 0 saturated heterocycles. The molecule has 1 saturated carbocycles. The summed E-state index contributed by atoms with van der Waals surface area (Å²) < 4.78 is 0. The summed E-state index contributed by atoms with van der Waals surface area (Å²) in [6.45, 7) is 2.13. The van der Waals surface area contributed by atoms with Gasteiger partial charge >= 0.3 is 0 Å². The van der Waals surface area contributed by atoms with Crippen molar-refractivity contribution >= 4 is 17.3 Å². The lowest BCUT2D eigenvalue weighted by molar-refractivity contribution is 0.427. The second-order valence-electron chi connectivity index (χ2n) is 5.62. The van der Waals surface area contributed by atoms with Crippen LogP contribution in [0.3, 0.4) is 0 Å². The van der Waals surface area contributed by atoms with Crippen molar-refractivity contribution in [3.05, 3.63) is 28.8 Å². The smallest absolute Gasteiger partial charge is 0.0474 e. The number of benzene rings is 1. The van der Waals surface area contributed by atoms with Crippen molar-refractivity contribution in [1.29, 1.82) is 0 Å². The Morgan fingerprint density at radius 1 is 1.26 bits per heavy atom. The molecule has 1 fully saturated rings. The van der Waals surface area contributed by atoms with Crippen LogP contribution in [0.25, 0.3) is 0 Å². The van der Waals surface area contributed by atoms with Crippen molar-refractivity contribution in [2.45, 2.75) is 51.1 Å². The van der Waals surface area contributed by atoms with Gasteiger partial charge in [-0.1, -0.05) is 36.9 Å². The minimum atomic E-state index is 0.293. The number of anilines is 1. The Morgan fingerprint density at radius 3 is 2.53 bits per heavy atom. The summed E-state index contributed by atoms with van der Waals surface area (Å²) in [5.41, 5.74) is 2.41. The molecule has 0 amide bonds. The van der Waals surface area contributed by atoms with Crippen molar-refractivity contribution in [2.75, 3.05) is 19.0 Å². The molecule has 19 heavy (non-hydrogen) atoms. The van der Waals surface area contributed by atoms with Crippen LogP contribution in [0.2, 0.25) is 5.02 Å². The van der Waals surface area contributed by atoms with E-state index < -0.39 is 0 Å². The van der Waals surface area contributed by atoms with Crippen molar-refractivity contribution < 1.29 is 0 Å². The monoisotopic (exact) mass is 280 g/mol. The number of nitrogens with zero attached hydrogens (tertiary/aromatic N) is 1. The van der Waals surface area contributed by atoms with E-state index in [0.29, 0.717) is 12.1 Å². The summed E-state index contributed by atoms with van der Waals surface area (Å²) in [6, 6.07) is 7.43. The molecule has 1 aromatic rings. The van der Waals surface area contributed by atoms with E-state index in [9.17, 15) is 0 Å². The van der Waals surface area contributed by atoms with Gasteiger partial charge in [0, 0.05) is 29.8 Å². The van der Waals surface area contributed by atoms with Gasteiger partial charge in [-0.3, -0.25) is 0 Å². The summed E-state index contributed by atoms with van der Waals surface area (Å²) in [7, 11) is 4.16. The molecule has 1 aliphatic carbocycles. The first-order valence-electron chi connectivity index (χ1n) is 7.33. The zero-order chi connectivity index (χ0) is 13.8. The third-order valence-corrected chi connectivity index (χ3v) is 4.74. The van der Waals surface area contributed by atoms with Crippen LogP contribution in [0.15, 0.2) is 18.2 Å². The molecule has 0 radical (unpaired) electrons. The molecular formula is C16H25ClN2. The van der Waals surface area contributed by atoms with Crippen molar-refractivity contribution in [3.63, 3.8) is 0 Å². The van der Waals surface area contributed by atoms with Crippen molar-refractivity contribution in [2.24, 2.45) is 0 Å². The molecule has 2 nitrogen and oxygen atoms in total. The Balaban J connectivity index is 2.14. The first-order chi connectivity index (χ1) is 9.13. The van der Waals surface area contributed by atoms with Crippen molar-refractivity contribution in [3.8, 4) is 0 Å². The Labute approximate surface area is 122 Å². The highest BCUT2D eigenvalue weighted by molar-refractivity contribution is 6.31. The lowest BCUT2D eigenvalue weighted by atomic mass is 9.94. The first kappa shape index (κ1) is 14.7. The average Bonchev–Trinajstić information content (AvgIpc) is 2.46. The quantitative estimate of drug-likeness (QED) is 0.880. The molecule has 0 heterocycles. The van der Waals surface area contributed by atoms with Gasteiger partial charge in [0.15, 0.2) is 0 Å². The maximum Gasteiger partial charge on any atom is 0.0474 e. The Hall–Kier alpha value is -0.730. The Morgan fingerprint density at radius 2 is 1.95 bits per heavy atom. The van der Waals surface area contributed by atoms with Gasteiger partial charge in [-0.15, -0.1) is 0 Å². The predicted molar refractivity (Wildman–Crippen MR) is 84.2 cm³/mol. The van der Waals surface area contributed by atoms with Crippen molar-refractivity contribution in [1.82, 2.24) is 5.32 Å². The molecule has 1 atom stereocenters. The van der Waals surface area contributed by atoms with Crippen LogP contribution in [-0.2, 0) is 0 Å². The summed E-state index contributed by atoms with van der Waals surface area (Å²) in [4.78, 5) is 2.40. The number of rotatable bonds is 4. The van der Waals surface area contributed by atoms with Gasteiger partial charge in [0.2, 0.25) is 0 Å². The third kappa shape index (κ3) is 3.43. The van der Waals surface area contributed by atoms with E-state index in [1.54, 1.807) is 0 Å². The molecule has 0 bridgehead atoms. The molecule has 3 heteroatoms. The molecule has 0 spiro atoms. The Kier molecular flexibility index (Phi) is 5.12. The molecule has 0 aliphatic heterocycles. The van der Waals surface area contributed by atoms with E-state index in [1.807, 2.05) is 7.05 Å². The lowest BCUT2D eigenvalue weighted by Gasteiger charge is -2.33. The second-order valence-corrected chi connectivity index (χ2v) is 6.03. The summed E-state index contributed by atoms with van der Waals surface area (Å²) >= 11 is 6.42. The van der Waals surface area contributed by atoms with E-state index >= 15 is 0 Å². The molecule has 1 aliphatic rings. The largest absolute Gasteiger partial charge is 0.372 e. The molecule has 0 aromatic heterocycles. The highest BCUT2D eigenvalue weighted by Crippen LogP contribution is 2.31. The molecule has 1 N–H and O–H groups in total. The van der Waals surface area contributed by atoms with Gasteiger partial charge in [-0.05, 0) is 44.5 Å². The fraction of sp³-hybridized carbons (Fsp3) is 0.625. The molecular weight excluding hydrogens is 256 g/mol. The zero-order valence-electron chi connectivity index (χ0n) is 12.2. The molecule has 1 aromatic carbocycles. The number of hydrogen-bond acceptors (Lipinski definition) is 2. The van der Waals surface area contributed by atoms with Gasteiger partial charge in [-0.25, -0.2) is 0 Å².